The number of halogens is 2. The van der Waals surface area contributed by atoms with Crippen LogP contribution in [0.25, 0.3) is 0 Å². The molecule has 1 aromatic rings. The molecule has 0 aliphatic heterocycles. The van der Waals surface area contributed by atoms with Crippen LogP contribution in [0, 0.1) is 3.57 Å². The maximum atomic E-state index is 9.69. The van der Waals surface area contributed by atoms with E-state index in [9.17, 15) is 5.11 Å². The van der Waals surface area contributed by atoms with Crippen LogP contribution in [0.1, 0.15) is 0 Å². The summed E-state index contributed by atoms with van der Waals surface area (Å²) in [7, 11) is 3.88. The average molecular weight is 355 g/mol. The van der Waals surface area contributed by atoms with E-state index in [0.717, 1.165) is 14.3 Å². The van der Waals surface area contributed by atoms with Gasteiger partial charge in [0.1, 0.15) is 0 Å². The molecule has 0 amide bonds. The van der Waals surface area contributed by atoms with E-state index in [1.54, 1.807) is 0 Å². The number of anilines is 1. The minimum atomic E-state index is -0.374. The minimum Gasteiger partial charge on any atom is -0.390 e. The molecule has 1 unspecified atom stereocenters. The van der Waals surface area contributed by atoms with Crippen LogP contribution in [0.15, 0.2) is 18.2 Å². The largest absolute Gasteiger partial charge is 0.390 e. The highest BCUT2D eigenvalue weighted by atomic mass is 127. The molecule has 0 aliphatic rings. The Hall–Kier alpha value is -0.0400. The van der Waals surface area contributed by atoms with Gasteiger partial charge in [0.25, 0.3) is 0 Å². The molecule has 0 saturated heterocycles. The number of hydrogen-bond donors (Lipinski definition) is 2. The molecule has 1 aromatic carbocycles. The molecule has 1 rings (SSSR count). The predicted molar refractivity (Wildman–Crippen MR) is 77.2 cm³/mol. The van der Waals surface area contributed by atoms with Gasteiger partial charge in [0, 0.05) is 27.4 Å². The summed E-state index contributed by atoms with van der Waals surface area (Å²) in [5, 5.41) is 13.6. The van der Waals surface area contributed by atoms with Gasteiger partial charge in [-0.15, -0.1) is 0 Å². The van der Waals surface area contributed by atoms with Gasteiger partial charge in [-0.2, -0.15) is 0 Å². The molecule has 0 saturated carbocycles. The monoisotopic (exact) mass is 354 g/mol. The molecule has 0 bridgehead atoms. The Labute approximate surface area is 115 Å². The average Bonchev–Trinajstić information content (AvgIpc) is 2.15. The summed E-state index contributed by atoms with van der Waals surface area (Å²) in [6, 6.07) is 5.65. The zero-order valence-electron chi connectivity index (χ0n) is 9.37. The maximum Gasteiger partial charge on any atom is 0.0838 e. The second-order valence-electron chi connectivity index (χ2n) is 3.92. The van der Waals surface area contributed by atoms with Crippen LogP contribution in [0.4, 0.5) is 5.69 Å². The van der Waals surface area contributed by atoms with Gasteiger partial charge in [0.15, 0.2) is 0 Å². The molecule has 1 atom stereocenters. The SMILES string of the molecule is CN(C)CC(O)CNc1ccc(Cl)cc1I. The number of nitrogens with zero attached hydrogens (tertiary/aromatic N) is 1. The van der Waals surface area contributed by atoms with Crippen molar-refractivity contribution < 1.29 is 5.11 Å². The summed E-state index contributed by atoms with van der Waals surface area (Å²) in [5.41, 5.74) is 1.00. The molecular weight excluding hydrogens is 338 g/mol. The van der Waals surface area contributed by atoms with Gasteiger partial charge in [-0.05, 0) is 54.9 Å². The van der Waals surface area contributed by atoms with Crippen LogP contribution in [0.3, 0.4) is 0 Å². The summed E-state index contributed by atoms with van der Waals surface area (Å²) in [5.74, 6) is 0. The van der Waals surface area contributed by atoms with Crippen molar-refractivity contribution >= 4 is 39.9 Å². The molecule has 0 fully saturated rings. The Bertz CT molecular complexity index is 347. The first-order chi connectivity index (χ1) is 7.49. The quantitative estimate of drug-likeness (QED) is 0.797. The first-order valence-corrected chi connectivity index (χ1v) is 6.46. The molecule has 0 spiro atoms. The fourth-order valence-electron chi connectivity index (χ4n) is 1.35. The van der Waals surface area contributed by atoms with E-state index in [1.807, 2.05) is 37.2 Å². The number of aliphatic hydroxyl groups excluding tert-OH is 1. The molecule has 2 N–H and O–H groups in total. The molecule has 0 aliphatic carbocycles. The van der Waals surface area contributed by atoms with Crippen molar-refractivity contribution in [2.75, 3.05) is 32.5 Å². The highest BCUT2D eigenvalue weighted by molar-refractivity contribution is 14.1. The van der Waals surface area contributed by atoms with Crippen molar-refractivity contribution in [1.82, 2.24) is 4.90 Å². The van der Waals surface area contributed by atoms with Crippen LogP contribution < -0.4 is 5.32 Å². The van der Waals surface area contributed by atoms with Gasteiger partial charge in [-0.3, -0.25) is 0 Å². The smallest absolute Gasteiger partial charge is 0.0838 e. The van der Waals surface area contributed by atoms with Crippen molar-refractivity contribution in [2.24, 2.45) is 0 Å². The van der Waals surface area contributed by atoms with Crippen molar-refractivity contribution in [3.05, 3.63) is 26.8 Å². The normalized spacial score (nSPS) is 12.9. The lowest BCUT2D eigenvalue weighted by Crippen LogP contribution is -2.31. The fourth-order valence-corrected chi connectivity index (χ4v) is 2.41. The van der Waals surface area contributed by atoms with E-state index < -0.39 is 0 Å². The number of nitrogens with one attached hydrogen (secondary N) is 1. The lowest BCUT2D eigenvalue weighted by molar-refractivity contribution is 0.148. The van der Waals surface area contributed by atoms with Gasteiger partial charge in [0.2, 0.25) is 0 Å². The zero-order chi connectivity index (χ0) is 12.1. The summed E-state index contributed by atoms with van der Waals surface area (Å²) in [4.78, 5) is 1.96. The van der Waals surface area contributed by atoms with Crippen LogP contribution in [0.5, 0.6) is 0 Å². The van der Waals surface area contributed by atoms with Crippen molar-refractivity contribution in [2.45, 2.75) is 6.10 Å². The maximum absolute atomic E-state index is 9.69. The van der Waals surface area contributed by atoms with Crippen LogP contribution in [-0.4, -0.2) is 43.3 Å². The van der Waals surface area contributed by atoms with E-state index in [-0.39, 0.29) is 6.10 Å². The third kappa shape index (κ3) is 4.86. The molecular formula is C11H16ClIN2O. The zero-order valence-corrected chi connectivity index (χ0v) is 12.3. The van der Waals surface area contributed by atoms with Crippen molar-refractivity contribution in [1.29, 1.82) is 0 Å². The number of aliphatic hydroxyl groups is 1. The summed E-state index contributed by atoms with van der Waals surface area (Å²) < 4.78 is 1.06. The second-order valence-corrected chi connectivity index (χ2v) is 5.52. The molecule has 0 aromatic heterocycles. The Balaban J connectivity index is 2.48. The third-order valence-electron chi connectivity index (χ3n) is 2.04. The predicted octanol–water partition coefficient (Wildman–Crippen LogP) is 2.28. The topological polar surface area (TPSA) is 35.5 Å². The van der Waals surface area contributed by atoms with Crippen LogP contribution >= 0.6 is 34.2 Å². The van der Waals surface area contributed by atoms with Gasteiger partial charge in [-0.25, -0.2) is 0 Å². The summed E-state index contributed by atoms with van der Waals surface area (Å²) in [6.45, 7) is 1.19. The van der Waals surface area contributed by atoms with Gasteiger partial charge in [0.05, 0.1) is 6.10 Å². The lowest BCUT2D eigenvalue weighted by atomic mass is 10.3. The fraction of sp³-hybridized carbons (Fsp3) is 0.455. The number of hydrogen-bond acceptors (Lipinski definition) is 3. The number of likely N-dealkylation sites (N-methyl/N-ethyl adjacent to an activating group) is 1. The highest BCUT2D eigenvalue weighted by Crippen LogP contribution is 2.22. The van der Waals surface area contributed by atoms with E-state index in [2.05, 4.69) is 27.9 Å². The van der Waals surface area contributed by atoms with Gasteiger partial charge >= 0.3 is 0 Å². The molecule has 0 heterocycles. The van der Waals surface area contributed by atoms with E-state index >= 15 is 0 Å². The number of rotatable bonds is 5. The Morgan fingerprint density at radius 2 is 2.19 bits per heavy atom. The molecule has 90 valence electrons. The standard InChI is InChI=1S/C11H16ClIN2O/c1-15(2)7-9(16)6-14-11-4-3-8(12)5-10(11)13/h3-5,9,14,16H,6-7H2,1-2H3. The van der Waals surface area contributed by atoms with E-state index in [4.69, 9.17) is 11.6 Å². The van der Waals surface area contributed by atoms with E-state index in [1.165, 1.54) is 0 Å². The molecule has 0 radical (unpaired) electrons. The van der Waals surface area contributed by atoms with Gasteiger partial charge in [-0.1, -0.05) is 11.6 Å². The molecule has 5 heteroatoms. The van der Waals surface area contributed by atoms with E-state index in [0.29, 0.717) is 13.1 Å². The summed E-state index contributed by atoms with van der Waals surface area (Å²) in [6.07, 6.45) is -0.374. The lowest BCUT2D eigenvalue weighted by Gasteiger charge is -2.17. The Morgan fingerprint density at radius 3 is 2.75 bits per heavy atom. The summed E-state index contributed by atoms with van der Waals surface area (Å²) >= 11 is 8.08. The first-order valence-electron chi connectivity index (χ1n) is 5.00. The molecule has 16 heavy (non-hydrogen) atoms. The Kier molecular flexibility index (Phi) is 5.82. The van der Waals surface area contributed by atoms with Crippen molar-refractivity contribution in [3.63, 3.8) is 0 Å². The van der Waals surface area contributed by atoms with Gasteiger partial charge < -0.3 is 15.3 Å². The van der Waals surface area contributed by atoms with Crippen LogP contribution in [-0.2, 0) is 0 Å². The number of benzene rings is 1. The second kappa shape index (κ2) is 6.64. The Morgan fingerprint density at radius 1 is 1.50 bits per heavy atom. The first kappa shape index (κ1) is 14.0. The molecule has 3 nitrogen and oxygen atoms in total. The van der Waals surface area contributed by atoms with Crippen LogP contribution in [0.2, 0.25) is 5.02 Å². The minimum absolute atomic E-state index is 0.374. The van der Waals surface area contributed by atoms with Crippen molar-refractivity contribution in [3.8, 4) is 0 Å². The highest BCUT2D eigenvalue weighted by Gasteiger charge is 2.06. The third-order valence-corrected chi connectivity index (χ3v) is 3.16.